The van der Waals surface area contributed by atoms with Crippen molar-refractivity contribution in [1.29, 1.82) is 0 Å². The van der Waals surface area contributed by atoms with Gasteiger partial charge in [0.25, 0.3) is 0 Å². The van der Waals surface area contributed by atoms with E-state index >= 15 is 0 Å². The molecule has 0 unspecified atom stereocenters. The summed E-state index contributed by atoms with van der Waals surface area (Å²) >= 11 is 1.22. The number of hydrogen-bond donors (Lipinski definition) is 1. The van der Waals surface area contributed by atoms with Crippen LogP contribution in [0.15, 0.2) is 59.8 Å². The molecule has 3 aromatic carbocycles. The van der Waals surface area contributed by atoms with E-state index < -0.39 is 0 Å². The van der Waals surface area contributed by atoms with Gasteiger partial charge in [-0.3, -0.25) is 9.36 Å². The molecule has 0 radical (unpaired) electrons. The van der Waals surface area contributed by atoms with E-state index in [2.05, 4.69) is 10.2 Å². The lowest BCUT2D eigenvalue weighted by molar-refractivity contribution is 0.102. The zero-order chi connectivity index (χ0) is 27.2. The lowest BCUT2D eigenvalue weighted by atomic mass is 10.1. The summed E-state index contributed by atoms with van der Waals surface area (Å²) in [6.07, 6.45) is 0. The number of ketones is 1. The Morgan fingerprint density at radius 1 is 0.816 bits per heavy atom. The number of ether oxygens (including phenoxy) is 5. The number of carbonyl (C=O) groups excluding carboxylic acids is 1. The molecule has 0 spiro atoms. The Labute approximate surface area is 224 Å². The van der Waals surface area contributed by atoms with Gasteiger partial charge in [-0.25, -0.2) is 0 Å². The number of benzene rings is 3. The van der Waals surface area contributed by atoms with Crippen LogP contribution in [0.4, 0.5) is 0 Å². The fourth-order valence-corrected chi connectivity index (χ4v) is 4.65. The first kappa shape index (κ1) is 26.7. The molecule has 0 aliphatic rings. The summed E-state index contributed by atoms with van der Waals surface area (Å²) in [7, 11) is 7.66. The lowest BCUT2D eigenvalue weighted by Gasteiger charge is -2.15. The zero-order valence-corrected chi connectivity index (χ0v) is 22.4. The van der Waals surface area contributed by atoms with Crippen molar-refractivity contribution in [2.45, 2.75) is 5.16 Å². The molecule has 198 valence electrons. The Kier molecular flexibility index (Phi) is 8.27. The second kappa shape index (κ2) is 11.8. The SMILES string of the molecule is COc1ccc(-n2c(SCC(=O)c3ccc(OC)c(O)c3)nnc2-c2cc(OC)c(OC)c(OC)c2)cc1. The van der Waals surface area contributed by atoms with E-state index in [0.717, 1.165) is 5.69 Å². The third-order valence-electron chi connectivity index (χ3n) is 5.72. The highest BCUT2D eigenvalue weighted by Gasteiger charge is 2.22. The highest BCUT2D eigenvalue weighted by atomic mass is 32.2. The standard InChI is InChI=1S/C27H27N3O7S/c1-33-19-9-7-18(8-10-19)30-26(17-13-23(35-3)25(37-5)24(14-17)36-4)28-29-27(30)38-15-21(32)16-6-11-22(34-2)20(31)12-16/h6-14,31H,15H2,1-5H3. The van der Waals surface area contributed by atoms with Crippen molar-refractivity contribution >= 4 is 17.5 Å². The van der Waals surface area contributed by atoms with Crippen LogP contribution in [0, 0.1) is 0 Å². The van der Waals surface area contributed by atoms with Gasteiger partial charge in [0.1, 0.15) is 5.75 Å². The van der Waals surface area contributed by atoms with Crippen LogP contribution in [-0.2, 0) is 0 Å². The minimum Gasteiger partial charge on any atom is -0.504 e. The smallest absolute Gasteiger partial charge is 0.203 e. The van der Waals surface area contributed by atoms with Gasteiger partial charge in [-0.1, -0.05) is 11.8 Å². The second-order valence-electron chi connectivity index (χ2n) is 7.85. The van der Waals surface area contributed by atoms with Gasteiger partial charge < -0.3 is 28.8 Å². The fourth-order valence-electron chi connectivity index (χ4n) is 3.80. The van der Waals surface area contributed by atoms with Crippen LogP contribution in [0.2, 0.25) is 0 Å². The van der Waals surface area contributed by atoms with Crippen LogP contribution >= 0.6 is 11.8 Å². The third kappa shape index (κ3) is 5.32. The first-order valence-electron chi connectivity index (χ1n) is 11.4. The predicted molar refractivity (Wildman–Crippen MR) is 143 cm³/mol. The van der Waals surface area contributed by atoms with E-state index in [9.17, 15) is 9.90 Å². The van der Waals surface area contributed by atoms with Crippen molar-refractivity contribution in [3.8, 4) is 51.6 Å². The summed E-state index contributed by atoms with van der Waals surface area (Å²) in [6.45, 7) is 0. The molecule has 1 aromatic heterocycles. The second-order valence-corrected chi connectivity index (χ2v) is 8.79. The number of carbonyl (C=O) groups is 1. The van der Waals surface area contributed by atoms with Gasteiger partial charge in [-0.15, -0.1) is 10.2 Å². The van der Waals surface area contributed by atoms with Crippen LogP contribution in [0.25, 0.3) is 17.1 Å². The van der Waals surface area contributed by atoms with Crippen molar-refractivity contribution in [1.82, 2.24) is 14.8 Å². The Bertz CT molecular complexity index is 1410. The molecule has 0 atom stereocenters. The summed E-state index contributed by atoms with van der Waals surface area (Å²) in [5, 5.41) is 19.4. The van der Waals surface area contributed by atoms with E-state index in [4.69, 9.17) is 23.7 Å². The summed E-state index contributed by atoms with van der Waals surface area (Å²) in [5.74, 6) is 2.66. The molecule has 4 rings (SSSR count). The van der Waals surface area contributed by atoms with Crippen molar-refractivity contribution in [2.75, 3.05) is 41.3 Å². The molecule has 0 aliphatic carbocycles. The Balaban J connectivity index is 1.74. The highest BCUT2D eigenvalue weighted by Crippen LogP contribution is 2.42. The number of hydrogen-bond acceptors (Lipinski definition) is 10. The first-order valence-corrected chi connectivity index (χ1v) is 12.4. The molecule has 0 amide bonds. The Morgan fingerprint density at radius 3 is 2.03 bits per heavy atom. The number of rotatable bonds is 11. The zero-order valence-electron chi connectivity index (χ0n) is 21.5. The molecule has 4 aromatic rings. The van der Waals surface area contributed by atoms with Gasteiger partial charge in [-0.05, 0) is 54.6 Å². The number of thioether (sulfide) groups is 1. The molecule has 1 heterocycles. The van der Waals surface area contributed by atoms with E-state index in [1.165, 1.54) is 32.0 Å². The topological polar surface area (TPSA) is 114 Å². The van der Waals surface area contributed by atoms with Gasteiger partial charge in [0.15, 0.2) is 39.8 Å². The quantitative estimate of drug-likeness (QED) is 0.214. The van der Waals surface area contributed by atoms with Crippen molar-refractivity contribution < 1.29 is 33.6 Å². The number of nitrogens with zero attached hydrogens (tertiary/aromatic N) is 3. The average molecular weight is 538 g/mol. The molecule has 0 aliphatic heterocycles. The number of aromatic nitrogens is 3. The number of phenols is 1. The van der Waals surface area contributed by atoms with E-state index in [1.807, 2.05) is 28.8 Å². The molecule has 38 heavy (non-hydrogen) atoms. The highest BCUT2D eigenvalue weighted by molar-refractivity contribution is 7.99. The summed E-state index contributed by atoms with van der Waals surface area (Å²) in [4.78, 5) is 12.9. The van der Waals surface area contributed by atoms with E-state index in [-0.39, 0.29) is 17.3 Å². The van der Waals surface area contributed by atoms with Crippen molar-refractivity contribution in [3.63, 3.8) is 0 Å². The number of Topliss-reactive ketones (excluding diaryl/α,β-unsaturated/α-hetero) is 1. The van der Waals surface area contributed by atoms with Gasteiger partial charge in [0.05, 0.1) is 41.3 Å². The van der Waals surface area contributed by atoms with Crippen LogP contribution in [0.3, 0.4) is 0 Å². The van der Waals surface area contributed by atoms with Crippen molar-refractivity contribution in [2.24, 2.45) is 0 Å². The van der Waals surface area contributed by atoms with Crippen molar-refractivity contribution in [3.05, 3.63) is 60.2 Å². The minimum absolute atomic E-state index is 0.0648. The summed E-state index contributed by atoms with van der Waals surface area (Å²) in [5.41, 5.74) is 1.79. The summed E-state index contributed by atoms with van der Waals surface area (Å²) < 4.78 is 28.7. The van der Waals surface area contributed by atoms with Gasteiger partial charge in [-0.2, -0.15) is 0 Å². The molecular formula is C27H27N3O7S. The molecule has 10 nitrogen and oxygen atoms in total. The molecule has 1 N–H and O–H groups in total. The largest absolute Gasteiger partial charge is 0.504 e. The maximum absolute atomic E-state index is 12.9. The van der Waals surface area contributed by atoms with Crippen LogP contribution in [0.5, 0.6) is 34.5 Å². The Morgan fingerprint density at radius 2 is 1.47 bits per heavy atom. The fraction of sp³-hybridized carbons (Fsp3) is 0.222. The molecule has 11 heteroatoms. The van der Waals surface area contributed by atoms with E-state index in [0.29, 0.717) is 50.9 Å². The van der Waals surface area contributed by atoms with Gasteiger partial charge >= 0.3 is 0 Å². The Hall–Kier alpha value is -4.38. The molecule has 0 bridgehead atoms. The monoisotopic (exact) mass is 537 g/mol. The lowest BCUT2D eigenvalue weighted by Crippen LogP contribution is -2.05. The van der Waals surface area contributed by atoms with Crippen LogP contribution in [0.1, 0.15) is 10.4 Å². The normalized spacial score (nSPS) is 10.7. The average Bonchev–Trinajstić information content (AvgIpc) is 3.38. The third-order valence-corrected chi connectivity index (χ3v) is 6.65. The maximum Gasteiger partial charge on any atom is 0.203 e. The predicted octanol–water partition coefficient (Wildman–Crippen LogP) is 4.66. The summed E-state index contributed by atoms with van der Waals surface area (Å²) in [6, 6.07) is 15.5. The van der Waals surface area contributed by atoms with Crippen LogP contribution < -0.4 is 23.7 Å². The van der Waals surface area contributed by atoms with Gasteiger partial charge in [0.2, 0.25) is 5.75 Å². The first-order chi connectivity index (χ1) is 18.4. The van der Waals surface area contributed by atoms with Crippen LogP contribution in [-0.4, -0.2) is 67.0 Å². The molecule has 0 fully saturated rings. The van der Waals surface area contributed by atoms with Gasteiger partial charge in [0, 0.05) is 16.8 Å². The number of phenolic OH excluding ortho intramolecular Hbond substituents is 1. The maximum atomic E-state index is 12.9. The molecular weight excluding hydrogens is 510 g/mol. The molecule has 0 saturated carbocycles. The number of methoxy groups -OCH3 is 5. The number of aromatic hydroxyl groups is 1. The minimum atomic E-state index is -0.188. The molecule has 0 saturated heterocycles. The van der Waals surface area contributed by atoms with E-state index in [1.54, 1.807) is 45.6 Å².